The van der Waals surface area contributed by atoms with Gasteiger partial charge < -0.3 is 15.2 Å². The van der Waals surface area contributed by atoms with E-state index < -0.39 is 0 Å². The summed E-state index contributed by atoms with van der Waals surface area (Å²) in [6.45, 7) is 2.78. The Kier molecular flexibility index (Phi) is 4.83. The number of benzene rings is 1. The minimum absolute atomic E-state index is 0.0568. The van der Waals surface area contributed by atoms with Gasteiger partial charge in [0.15, 0.2) is 0 Å². The molecule has 1 fully saturated rings. The van der Waals surface area contributed by atoms with E-state index in [0.29, 0.717) is 0 Å². The van der Waals surface area contributed by atoms with Crippen LogP contribution in [0.2, 0.25) is 0 Å². The molecule has 1 aromatic rings. The molecule has 19 heavy (non-hydrogen) atoms. The molecule has 106 valence electrons. The summed E-state index contributed by atoms with van der Waals surface area (Å²) >= 11 is 0. The van der Waals surface area contributed by atoms with Gasteiger partial charge in [0.2, 0.25) is 0 Å². The van der Waals surface area contributed by atoms with Crippen molar-refractivity contribution in [1.82, 2.24) is 0 Å². The first-order chi connectivity index (χ1) is 9.22. The van der Waals surface area contributed by atoms with Gasteiger partial charge in [-0.2, -0.15) is 0 Å². The number of hydrogen-bond donors (Lipinski definition) is 1. The normalized spacial score (nSPS) is 19.9. The highest BCUT2D eigenvalue weighted by Gasteiger charge is 2.39. The molecule has 1 atom stereocenters. The summed E-state index contributed by atoms with van der Waals surface area (Å²) in [6.07, 6.45) is 5.85. The molecule has 0 aliphatic heterocycles. The standard InChI is InChI=1S/C16H25NO2/c1-3-19-16(11-5-4-6-12-16)15(17)13-7-9-14(18-2)10-8-13/h7-10,15H,3-6,11-12,17H2,1-2H3. The highest BCUT2D eigenvalue weighted by molar-refractivity contribution is 5.30. The summed E-state index contributed by atoms with van der Waals surface area (Å²) in [4.78, 5) is 0. The van der Waals surface area contributed by atoms with Gasteiger partial charge >= 0.3 is 0 Å². The van der Waals surface area contributed by atoms with Crippen LogP contribution in [0.1, 0.15) is 50.6 Å². The van der Waals surface area contributed by atoms with Crippen LogP contribution in [0.25, 0.3) is 0 Å². The lowest BCUT2D eigenvalue weighted by molar-refractivity contribution is -0.0830. The third-order valence-corrected chi connectivity index (χ3v) is 4.17. The minimum atomic E-state index is -0.179. The van der Waals surface area contributed by atoms with Gasteiger partial charge in [0.25, 0.3) is 0 Å². The zero-order chi connectivity index (χ0) is 13.7. The molecule has 2 rings (SSSR count). The SMILES string of the molecule is CCOC1(C(N)c2ccc(OC)cc2)CCCCC1. The molecule has 1 unspecified atom stereocenters. The van der Waals surface area contributed by atoms with Gasteiger partial charge in [-0.15, -0.1) is 0 Å². The lowest BCUT2D eigenvalue weighted by Gasteiger charge is -2.41. The number of rotatable bonds is 5. The first-order valence-electron chi connectivity index (χ1n) is 7.25. The van der Waals surface area contributed by atoms with E-state index in [1.54, 1.807) is 7.11 Å². The van der Waals surface area contributed by atoms with Crippen LogP contribution in [0.3, 0.4) is 0 Å². The third kappa shape index (κ3) is 3.10. The fraction of sp³-hybridized carbons (Fsp3) is 0.625. The van der Waals surface area contributed by atoms with Gasteiger partial charge in [0.1, 0.15) is 5.75 Å². The summed E-state index contributed by atoms with van der Waals surface area (Å²) < 4.78 is 11.3. The second kappa shape index (κ2) is 6.40. The molecule has 3 nitrogen and oxygen atoms in total. The first kappa shape index (κ1) is 14.4. The Labute approximate surface area is 116 Å². The Balaban J connectivity index is 2.19. The minimum Gasteiger partial charge on any atom is -0.497 e. The van der Waals surface area contributed by atoms with E-state index in [1.807, 2.05) is 12.1 Å². The van der Waals surface area contributed by atoms with Gasteiger partial charge in [-0.05, 0) is 37.5 Å². The molecule has 1 saturated carbocycles. The largest absolute Gasteiger partial charge is 0.497 e. The fourth-order valence-electron chi connectivity index (χ4n) is 3.10. The Bertz CT molecular complexity index is 377. The summed E-state index contributed by atoms with van der Waals surface area (Å²) in [5.41, 5.74) is 7.47. The van der Waals surface area contributed by atoms with Gasteiger partial charge in [0.05, 0.1) is 18.8 Å². The summed E-state index contributed by atoms with van der Waals surface area (Å²) in [7, 11) is 1.68. The average molecular weight is 263 g/mol. The van der Waals surface area contributed by atoms with Crippen molar-refractivity contribution in [2.75, 3.05) is 13.7 Å². The van der Waals surface area contributed by atoms with Crippen molar-refractivity contribution in [2.45, 2.75) is 50.7 Å². The molecule has 0 radical (unpaired) electrons. The zero-order valence-electron chi connectivity index (χ0n) is 12.0. The molecule has 2 N–H and O–H groups in total. The Morgan fingerprint density at radius 2 is 1.79 bits per heavy atom. The smallest absolute Gasteiger partial charge is 0.118 e. The van der Waals surface area contributed by atoms with E-state index in [-0.39, 0.29) is 11.6 Å². The van der Waals surface area contributed by atoms with Crippen molar-refractivity contribution < 1.29 is 9.47 Å². The molecule has 1 aliphatic carbocycles. The number of nitrogens with two attached hydrogens (primary N) is 1. The molecule has 0 spiro atoms. The molecule has 0 bridgehead atoms. The maximum Gasteiger partial charge on any atom is 0.118 e. The molecular weight excluding hydrogens is 238 g/mol. The number of hydrogen-bond acceptors (Lipinski definition) is 3. The molecule has 1 aromatic carbocycles. The van der Waals surface area contributed by atoms with Crippen LogP contribution in [-0.2, 0) is 4.74 Å². The highest BCUT2D eigenvalue weighted by atomic mass is 16.5. The maximum atomic E-state index is 6.52. The topological polar surface area (TPSA) is 44.5 Å². The predicted molar refractivity (Wildman–Crippen MR) is 77.4 cm³/mol. The van der Waals surface area contributed by atoms with Crippen molar-refractivity contribution in [3.63, 3.8) is 0 Å². The zero-order valence-corrected chi connectivity index (χ0v) is 12.0. The lowest BCUT2D eigenvalue weighted by Crippen LogP contribution is -2.45. The monoisotopic (exact) mass is 263 g/mol. The predicted octanol–water partition coefficient (Wildman–Crippen LogP) is 3.43. The van der Waals surface area contributed by atoms with Crippen molar-refractivity contribution in [1.29, 1.82) is 0 Å². The summed E-state index contributed by atoms with van der Waals surface area (Å²) in [6, 6.07) is 7.99. The Morgan fingerprint density at radius 3 is 2.32 bits per heavy atom. The Morgan fingerprint density at radius 1 is 1.16 bits per heavy atom. The molecule has 3 heteroatoms. The molecular formula is C16H25NO2. The van der Waals surface area contributed by atoms with Crippen LogP contribution in [0, 0.1) is 0 Å². The van der Waals surface area contributed by atoms with E-state index in [0.717, 1.165) is 30.8 Å². The molecule has 1 aliphatic rings. The second-order valence-corrected chi connectivity index (χ2v) is 5.31. The van der Waals surface area contributed by atoms with E-state index in [2.05, 4.69) is 19.1 Å². The van der Waals surface area contributed by atoms with Crippen molar-refractivity contribution in [3.05, 3.63) is 29.8 Å². The van der Waals surface area contributed by atoms with Crippen molar-refractivity contribution in [3.8, 4) is 5.75 Å². The first-order valence-corrected chi connectivity index (χ1v) is 7.25. The van der Waals surface area contributed by atoms with Crippen LogP contribution >= 0.6 is 0 Å². The summed E-state index contributed by atoms with van der Waals surface area (Å²) in [5, 5.41) is 0. The van der Waals surface area contributed by atoms with Crippen LogP contribution in [0.5, 0.6) is 5.75 Å². The van der Waals surface area contributed by atoms with E-state index >= 15 is 0 Å². The van der Waals surface area contributed by atoms with Gasteiger partial charge in [-0.3, -0.25) is 0 Å². The van der Waals surface area contributed by atoms with E-state index in [1.165, 1.54) is 19.3 Å². The molecule has 0 amide bonds. The number of ether oxygens (including phenoxy) is 2. The summed E-state index contributed by atoms with van der Waals surface area (Å²) in [5.74, 6) is 0.866. The van der Waals surface area contributed by atoms with Gasteiger partial charge in [-0.25, -0.2) is 0 Å². The van der Waals surface area contributed by atoms with Crippen molar-refractivity contribution in [2.24, 2.45) is 5.73 Å². The Hall–Kier alpha value is -1.06. The maximum absolute atomic E-state index is 6.52. The van der Waals surface area contributed by atoms with Crippen LogP contribution in [0.15, 0.2) is 24.3 Å². The van der Waals surface area contributed by atoms with Crippen LogP contribution < -0.4 is 10.5 Å². The quantitative estimate of drug-likeness (QED) is 0.885. The highest BCUT2D eigenvalue weighted by Crippen LogP contribution is 2.40. The van der Waals surface area contributed by atoms with Crippen LogP contribution in [-0.4, -0.2) is 19.3 Å². The van der Waals surface area contributed by atoms with E-state index in [4.69, 9.17) is 15.2 Å². The number of methoxy groups -OCH3 is 1. The van der Waals surface area contributed by atoms with Gasteiger partial charge in [-0.1, -0.05) is 31.4 Å². The molecule has 0 aromatic heterocycles. The van der Waals surface area contributed by atoms with Crippen LogP contribution in [0.4, 0.5) is 0 Å². The molecule has 0 heterocycles. The third-order valence-electron chi connectivity index (χ3n) is 4.17. The second-order valence-electron chi connectivity index (χ2n) is 5.31. The average Bonchev–Trinajstić information content (AvgIpc) is 2.48. The van der Waals surface area contributed by atoms with E-state index in [9.17, 15) is 0 Å². The van der Waals surface area contributed by atoms with Gasteiger partial charge in [0, 0.05) is 6.61 Å². The molecule has 0 saturated heterocycles. The fourth-order valence-corrected chi connectivity index (χ4v) is 3.10. The lowest BCUT2D eigenvalue weighted by atomic mass is 9.77. The van der Waals surface area contributed by atoms with Crippen molar-refractivity contribution >= 4 is 0 Å².